The second-order valence-electron chi connectivity index (χ2n) is 5.08. The molecule has 1 aliphatic heterocycles. The molecule has 1 aliphatic rings. The van der Waals surface area contributed by atoms with Crippen LogP contribution in [0.25, 0.3) is 0 Å². The summed E-state index contributed by atoms with van der Waals surface area (Å²) < 4.78 is 5.37. The van der Waals surface area contributed by atoms with Gasteiger partial charge in [-0.1, -0.05) is 30.3 Å². The zero-order valence-electron chi connectivity index (χ0n) is 11.4. The predicted molar refractivity (Wildman–Crippen MR) is 74.7 cm³/mol. The summed E-state index contributed by atoms with van der Waals surface area (Å²) in [6.45, 7) is 6.47. The number of hydrogen-bond acceptors (Lipinski definition) is 3. The lowest BCUT2D eigenvalue weighted by Crippen LogP contribution is -2.36. The van der Waals surface area contributed by atoms with Crippen LogP contribution in [0.3, 0.4) is 0 Å². The molecule has 2 unspecified atom stereocenters. The minimum Gasteiger partial charge on any atom is -0.380 e. The molecule has 18 heavy (non-hydrogen) atoms. The highest BCUT2D eigenvalue weighted by molar-refractivity contribution is 5.19. The van der Waals surface area contributed by atoms with E-state index in [1.807, 2.05) is 0 Å². The maximum Gasteiger partial charge on any atom is 0.0670 e. The van der Waals surface area contributed by atoms with Crippen LogP contribution < -0.4 is 5.32 Å². The third-order valence-electron chi connectivity index (χ3n) is 3.60. The van der Waals surface area contributed by atoms with Gasteiger partial charge in [0.15, 0.2) is 0 Å². The average molecular weight is 248 g/mol. The molecule has 100 valence electrons. The third-order valence-corrected chi connectivity index (χ3v) is 3.60. The zero-order valence-corrected chi connectivity index (χ0v) is 11.4. The average Bonchev–Trinajstić information content (AvgIpc) is 2.65. The number of nitrogens with one attached hydrogen (secondary N) is 1. The van der Waals surface area contributed by atoms with Crippen molar-refractivity contribution >= 4 is 0 Å². The van der Waals surface area contributed by atoms with Gasteiger partial charge in [0.2, 0.25) is 0 Å². The summed E-state index contributed by atoms with van der Waals surface area (Å²) in [6, 6.07) is 11.2. The predicted octanol–water partition coefficient (Wildman–Crippen LogP) is 2.06. The summed E-state index contributed by atoms with van der Waals surface area (Å²) in [4.78, 5) is 2.51. The van der Waals surface area contributed by atoms with Gasteiger partial charge in [-0.05, 0) is 32.0 Å². The zero-order chi connectivity index (χ0) is 12.8. The summed E-state index contributed by atoms with van der Waals surface area (Å²) in [7, 11) is 1.79. The number of ether oxygens (including phenoxy) is 1. The minimum absolute atomic E-state index is 0.305. The van der Waals surface area contributed by atoms with Crippen molar-refractivity contribution in [3.8, 4) is 0 Å². The van der Waals surface area contributed by atoms with E-state index < -0.39 is 0 Å². The Labute approximate surface area is 110 Å². The van der Waals surface area contributed by atoms with Crippen LogP contribution in [0, 0.1) is 0 Å². The summed E-state index contributed by atoms with van der Waals surface area (Å²) in [6.07, 6.45) is 1.51. The van der Waals surface area contributed by atoms with Crippen molar-refractivity contribution < 1.29 is 4.74 Å². The summed E-state index contributed by atoms with van der Waals surface area (Å²) in [5, 5.41) is 3.64. The molecule has 2 atom stereocenters. The third kappa shape index (κ3) is 3.80. The van der Waals surface area contributed by atoms with E-state index in [-0.39, 0.29) is 0 Å². The molecule has 0 aliphatic carbocycles. The van der Waals surface area contributed by atoms with Gasteiger partial charge in [0, 0.05) is 26.2 Å². The van der Waals surface area contributed by atoms with E-state index in [1.54, 1.807) is 7.11 Å². The van der Waals surface area contributed by atoms with Gasteiger partial charge < -0.3 is 10.1 Å². The van der Waals surface area contributed by atoms with Crippen molar-refractivity contribution in [3.05, 3.63) is 35.9 Å². The number of hydrogen-bond donors (Lipinski definition) is 1. The normalized spacial score (nSPS) is 23.6. The smallest absolute Gasteiger partial charge is 0.0670 e. The Bertz CT molecular complexity index is 342. The van der Waals surface area contributed by atoms with Gasteiger partial charge in [0.25, 0.3) is 0 Å². The van der Waals surface area contributed by atoms with Gasteiger partial charge in [0.1, 0.15) is 0 Å². The van der Waals surface area contributed by atoms with Crippen molar-refractivity contribution in [3.63, 3.8) is 0 Å². The van der Waals surface area contributed by atoms with Crippen LogP contribution in [-0.2, 0) is 4.74 Å². The lowest BCUT2D eigenvalue weighted by atomic mass is 10.1. The molecule has 0 saturated carbocycles. The SMILES string of the molecule is COC(C)CN1CCCNC(c2ccccc2)C1. The van der Waals surface area contributed by atoms with E-state index in [0.29, 0.717) is 12.1 Å². The largest absolute Gasteiger partial charge is 0.380 e. The van der Waals surface area contributed by atoms with Crippen LogP contribution in [0.5, 0.6) is 0 Å². The number of rotatable bonds is 4. The Kier molecular flexibility index (Phi) is 5.17. The highest BCUT2D eigenvalue weighted by Crippen LogP contribution is 2.17. The quantitative estimate of drug-likeness (QED) is 0.882. The van der Waals surface area contributed by atoms with Crippen molar-refractivity contribution in [2.24, 2.45) is 0 Å². The molecule has 0 radical (unpaired) electrons. The molecule has 1 aromatic rings. The Morgan fingerprint density at radius 2 is 2.17 bits per heavy atom. The van der Waals surface area contributed by atoms with Crippen LogP contribution in [-0.4, -0.2) is 44.3 Å². The van der Waals surface area contributed by atoms with Crippen molar-refractivity contribution in [1.29, 1.82) is 0 Å². The van der Waals surface area contributed by atoms with E-state index in [9.17, 15) is 0 Å². The maximum atomic E-state index is 5.37. The van der Waals surface area contributed by atoms with E-state index in [2.05, 4.69) is 47.5 Å². The van der Waals surface area contributed by atoms with Crippen molar-refractivity contribution in [2.75, 3.05) is 33.3 Å². The standard InChI is InChI=1S/C15H24N2O/c1-13(18-2)11-17-10-6-9-16-15(12-17)14-7-4-3-5-8-14/h3-5,7-8,13,15-16H,6,9-12H2,1-2H3. The molecule has 1 N–H and O–H groups in total. The first-order valence-corrected chi connectivity index (χ1v) is 6.83. The van der Waals surface area contributed by atoms with Gasteiger partial charge in [-0.25, -0.2) is 0 Å². The fraction of sp³-hybridized carbons (Fsp3) is 0.600. The number of nitrogens with zero attached hydrogens (tertiary/aromatic N) is 1. The van der Waals surface area contributed by atoms with E-state index >= 15 is 0 Å². The summed E-state index contributed by atoms with van der Waals surface area (Å²) in [5.41, 5.74) is 1.38. The van der Waals surface area contributed by atoms with Gasteiger partial charge in [-0.3, -0.25) is 4.90 Å². The molecular weight excluding hydrogens is 224 g/mol. The lowest BCUT2D eigenvalue weighted by Gasteiger charge is -2.26. The van der Waals surface area contributed by atoms with Crippen LogP contribution in [0.2, 0.25) is 0 Å². The first-order valence-electron chi connectivity index (χ1n) is 6.83. The first-order chi connectivity index (χ1) is 8.79. The Morgan fingerprint density at radius 3 is 2.89 bits per heavy atom. The van der Waals surface area contributed by atoms with Crippen LogP contribution in [0.15, 0.2) is 30.3 Å². The van der Waals surface area contributed by atoms with Crippen LogP contribution in [0.4, 0.5) is 0 Å². The molecule has 0 bridgehead atoms. The molecule has 1 saturated heterocycles. The molecule has 1 heterocycles. The Morgan fingerprint density at radius 1 is 1.39 bits per heavy atom. The maximum absolute atomic E-state index is 5.37. The van der Waals surface area contributed by atoms with Gasteiger partial charge >= 0.3 is 0 Å². The summed E-state index contributed by atoms with van der Waals surface area (Å²) in [5.74, 6) is 0. The van der Waals surface area contributed by atoms with Gasteiger partial charge in [0.05, 0.1) is 6.10 Å². The molecule has 0 amide bonds. The van der Waals surface area contributed by atoms with Crippen LogP contribution in [0.1, 0.15) is 24.9 Å². The van der Waals surface area contributed by atoms with E-state index in [4.69, 9.17) is 4.74 Å². The fourth-order valence-corrected chi connectivity index (χ4v) is 2.51. The van der Waals surface area contributed by atoms with Crippen molar-refractivity contribution in [1.82, 2.24) is 10.2 Å². The van der Waals surface area contributed by atoms with E-state index in [1.165, 1.54) is 12.0 Å². The summed E-state index contributed by atoms with van der Waals surface area (Å²) >= 11 is 0. The highest BCUT2D eigenvalue weighted by Gasteiger charge is 2.20. The molecule has 0 spiro atoms. The molecule has 3 heteroatoms. The molecule has 1 fully saturated rings. The van der Waals surface area contributed by atoms with Gasteiger partial charge in [-0.15, -0.1) is 0 Å². The lowest BCUT2D eigenvalue weighted by molar-refractivity contribution is 0.0764. The monoisotopic (exact) mass is 248 g/mol. The van der Waals surface area contributed by atoms with E-state index in [0.717, 1.165) is 26.2 Å². The molecule has 0 aromatic heterocycles. The number of methoxy groups -OCH3 is 1. The number of benzene rings is 1. The molecule has 1 aromatic carbocycles. The second-order valence-corrected chi connectivity index (χ2v) is 5.08. The van der Waals surface area contributed by atoms with Gasteiger partial charge in [-0.2, -0.15) is 0 Å². The molecule has 3 nitrogen and oxygen atoms in total. The van der Waals surface area contributed by atoms with Crippen molar-refractivity contribution in [2.45, 2.75) is 25.5 Å². The fourth-order valence-electron chi connectivity index (χ4n) is 2.51. The Balaban J connectivity index is 1.99. The highest BCUT2D eigenvalue weighted by atomic mass is 16.5. The first kappa shape index (κ1) is 13.5. The topological polar surface area (TPSA) is 24.5 Å². The Hall–Kier alpha value is -0.900. The second kappa shape index (κ2) is 6.88. The molecule has 2 rings (SSSR count). The molecular formula is C15H24N2O. The van der Waals surface area contributed by atoms with Crippen LogP contribution >= 0.6 is 0 Å². The minimum atomic E-state index is 0.305.